The molecule has 2 aromatic carbocycles. The van der Waals surface area contributed by atoms with Crippen LogP contribution in [0, 0.1) is 18.6 Å². The average molecular weight is 345 g/mol. The fourth-order valence-corrected chi connectivity index (χ4v) is 3.66. The summed E-state index contributed by atoms with van der Waals surface area (Å²) in [4.78, 5) is 0. The molecule has 3 rings (SSSR count). The highest BCUT2D eigenvalue weighted by molar-refractivity contribution is 7.83. The normalized spacial score (nSPS) is 10.9. The third kappa shape index (κ3) is 2.43. The van der Waals surface area contributed by atoms with E-state index in [9.17, 15) is 0 Å². The summed E-state index contributed by atoms with van der Waals surface area (Å²) in [5.74, 6) is 0. The molecule has 0 aliphatic heterocycles. The topological polar surface area (TPSA) is 9.86 Å². The summed E-state index contributed by atoms with van der Waals surface area (Å²) in [6.45, 7) is 4.13. The van der Waals surface area contributed by atoms with E-state index in [2.05, 4.69) is 51.2 Å². The van der Waals surface area contributed by atoms with Crippen LogP contribution >= 0.6 is 37.5 Å². The number of imidazole rings is 1. The molecule has 0 N–H and O–H groups in total. The van der Waals surface area contributed by atoms with Gasteiger partial charge in [-0.1, -0.05) is 36.4 Å². The highest BCUT2D eigenvalue weighted by atomic mass is 32.1. The number of benzene rings is 2. The zero-order valence-electron chi connectivity index (χ0n) is 12.3. The fraction of sp³-hybridized carbons (Fsp3) is 0.118. The Morgan fingerprint density at radius 2 is 1.09 bits per heavy atom. The van der Waals surface area contributed by atoms with Crippen LogP contribution in [0.5, 0.6) is 0 Å². The van der Waals surface area contributed by atoms with E-state index >= 15 is 0 Å². The van der Waals surface area contributed by atoms with Crippen LogP contribution in [0.25, 0.3) is 11.4 Å². The molecule has 1 heterocycles. The molecule has 0 atom stereocenters. The van der Waals surface area contributed by atoms with Gasteiger partial charge < -0.3 is 0 Å². The van der Waals surface area contributed by atoms with Crippen LogP contribution in [0.2, 0.25) is 0 Å². The largest absolute Gasteiger partial charge is 0.279 e. The number of aryl methyl sites for hydroxylation is 2. The summed E-state index contributed by atoms with van der Waals surface area (Å²) in [5, 5.41) is 1.48. The van der Waals surface area contributed by atoms with Crippen LogP contribution in [0.3, 0.4) is 0 Å². The molecule has 2 nitrogen and oxygen atoms in total. The lowest BCUT2D eigenvalue weighted by atomic mass is 10.2. The van der Waals surface area contributed by atoms with Gasteiger partial charge in [-0.25, -0.2) is 0 Å². The summed E-state index contributed by atoms with van der Waals surface area (Å²) in [6.07, 6.45) is 0. The molecule has 0 saturated heterocycles. The first-order chi connectivity index (χ1) is 10.5. The maximum absolute atomic E-state index is 5.71. The van der Waals surface area contributed by atoms with E-state index in [-0.39, 0.29) is 0 Å². The number of thiol groups is 2. The molecule has 0 saturated carbocycles. The van der Waals surface area contributed by atoms with Crippen LogP contribution in [0.15, 0.2) is 58.6 Å². The summed E-state index contributed by atoms with van der Waals surface area (Å²) in [5.41, 5.74) is 4.34. The minimum Gasteiger partial charge on any atom is -0.279 e. The Kier molecular flexibility index (Phi) is 4.21. The van der Waals surface area contributed by atoms with E-state index in [0.717, 1.165) is 32.6 Å². The summed E-state index contributed by atoms with van der Waals surface area (Å²) in [6, 6.07) is 16.2. The second-order valence-corrected chi connectivity index (χ2v) is 6.39. The van der Waals surface area contributed by atoms with Crippen LogP contribution in [0.1, 0.15) is 11.1 Å². The van der Waals surface area contributed by atoms with Gasteiger partial charge in [-0.15, -0.1) is 25.3 Å². The number of hydrogen-bond acceptors (Lipinski definition) is 3. The van der Waals surface area contributed by atoms with Crippen molar-refractivity contribution in [2.75, 3.05) is 0 Å². The molecule has 0 aliphatic carbocycles. The molecule has 0 amide bonds. The lowest BCUT2D eigenvalue weighted by molar-refractivity contribution is 0.902. The van der Waals surface area contributed by atoms with Crippen molar-refractivity contribution in [2.24, 2.45) is 0 Å². The maximum atomic E-state index is 5.71. The molecule has 5 heteroatoms. The van der Waals surface area contributed by atoms with Gasteiger partial charge in [0.05, 0.1) is 11.4 Å². The fourth-order valence-electron chi connectivity index (χ4n) is 2.54. The zero-order chi connectivity index (χ0) is 15.9. The maximum Gasteiger partial charge on any atom is 0.191 e. The van der Waals surface area contributed by atoms with Gasteiger partial charge >= 0.3 is 0 Å². The lowest BCUT2D eigenvalue weighted by Crippen LogP contribution is -2.01. The van der Waals surface area contributed by atoms with Crippen molar-refractivity contribution in [3.8, 4) is 11.4 Å². The Morgan fingerprint density at radius 1 is 0.727 bits per heavy atom. The van der Waals surface area contributed by atoms with Crippen molar-refractivity contribution in [1.29, 1.82) is 0 Å². The van der Waals surface area contributed by atoms with Gasteiger partial charge in [0.2, 0.25) is 0 Å². The van der Waals surface area contributed by atoms with Gasteiger partial charge in [-0.3, -0.25) is 9.13 Å². The first-order valence-electron chi connectivity index (χ1n) is 6.90. The number of nitrogens with zero attached hydrogens (tertiary/aromatic N) is 2. The Morgan fingerprint density at radius 3 is 1.45 bits per heavy atom. The van der Waals surface area contributed by atoms with E-state index in [4.69, 9.17) is 12.2 Å². The Labute approximate surface area is 146 Å². The molecular formula is C17H16N2S3. The van der Waals surface area contributed by atoms with Crippen LogP contribution in [0.4, 0.5) is 0 Å². The Bertz CT molecular complexity index is 835. The third-order valence-electron chi connectivity index (χ3n) is 3.72. The van der Waals surface area contributed by atoms with Crippen LogP contribution in [-0.4, -0.2) is 9.13 Å². The molecular weight excluding hydrogens is 328 g/mol. The second-order valence-electron chi connectivity index (χ2n) is 5.17. The predicted molar refractivity (Wildman–Crippen MR) is 99.9 cm³/mol. The van der Waals surface area contributed by atoms with E-state index in [0.29, 0.717) is 4.77 Å². The molecule has 22 heavy (non-hydrogen) atoms. The molecule has 0 radical (unpaired) electrons. The van der Waals surface area contributed by atoms with E-state index < -0.39 is 0 Å². The van der Waals surface area contributed by atoms with Crippen molar-refractivity contribution in [3.63, 3.8) is 0 Å². The van der Waals surface area contributed by atoms with Gasteiger partial charge in [0.15, 0.2) is 4.77 Å². The molecule has 0 unspecified atom stereocenters. The number of hydrogen-bond donors (Lipinski definition) is 2. The van der Waals surface area contributed by atoms with E-state index in [1.165, 1.54) is 0 Å². The highest BCUT2D eigenvalue weighted by Gasteiger charge is 2.17. The van der Waals surface area contributed by atoms with Gasteiger partial charge in [0, 0.05) is 0 Å². The van der Waals surface area contributed by atoms with E-state index in [1.807, 2.05) is 45.5 Å². The second kappa shape index (κ2) is 5.99. The third-order valence-corrected chi connectivity index (χ3v) is 5.08. The SMILES string of the molecule is Cc1ccccc1-n1c(S)c(S)n(-c2ccccc2C)c1=S. The van der Waals surface area contributed by atoms with Crippen molar-refractivity contribution >= 4 is 37.5 Å². The van der Waals surface area contributed by atoms with E-state index in [1.54, 1.807) is 0 Å². The molecule has 0 bridgehead atoms. The quantitative estimate of drug-likeness (QED) is 0.481. The van der Waals surface area contributed by atoms with Crippen molar-refractivity contribution in [2.45, 2.75) is 23.9 Å². The monoisotopic (exact) mass is 344 g/mol. The zero-order valence-corrected chi connectivity index (χ0v) is 14.9. The van der Waals surface area contributed by atoms with Crippen LogP contribution in [-0.2, 0) is 0 Å². The van der Waals surface area contributed by atoms with Crippen molar-refractivity contribution in [3.05, 3.63) is 64.4 Å². The summed E-state index contributed by atoms with van der Waals surface area (Å²) >= 11 is 15.0. The number of rotatable bonds is 2. The summed E-state index contributed by atoms with van der Waals surface area (Å²) in [7, 11) is 0. The Hall–Kier alpha value is -1.43. The number of para-hydroxylation sites is 2. The van der Waals surface area contributed by atoms with Gasteiger partial charge in [0.25, 0.3) is 0 Å². The minimum atomic E-state index is 0.665. The van der Waals surface area contributed by atoms with Crippen molar-refractivity contribution < 1.29 is 0 Å². The average Bonchev–Trinajstić information content (AvgIpc) is 2.72. The first-order valence-corrected chi connectivity index (χ1v) is 8.20. The van der Waals surface area contributed by atoms with Gasteiger partial charge in [-0.05, 0) is 49.3 Å². The van der Waals surface area contributed by atoms with Gasteiger partial charge in [0.1, 0.15) is 10.1 Å². The van der Waals surface area contributed by atoms with Crippen molar-refractivity contribution in [1.82, 2.24) is 9.13 Å². The minimum absolute atomic E-state index is 0.665. The Balaban J connectivity index is 2.34. The molecule has 112 valence electrons. The molecule has 3 aromatic rings. The molecule has 0 aliphatic rings. The number of aromatic nitrogens is 2. The molecule has 1 aromatic heterocycles. The lowest BCUT2D eigenvalue weighted by Gasteiger charge is -2.09. The predicted octanol–water partition coefficient (Wildman–Crippen LogP) is 5.19. The smallest absolute Gasteiger partial charge is 0.191 e. The molecule has 0 fully saturated rings. The first kappa shape index (κ1) is 15.5. The van der Waals surface area contributed by atoms with Crippen LogP contribution < -0.4 is 0 Å². The van der Waals surface area contributed by atoms with Gasteiger partial charge in [-0.2, -0.15) is 0 Å². The highest BCUT2D eigenvalue weighted by Crippen LogP contribution is 2.30. The summed E-state index contributed by atoms with van der Waals surface area (Å²) < 4.78 is 4.59. The molecule has 0 spiro atoms. The standard InChI is InChI=1S/C17H16N2S3/c1-11-7-3-5-9-13(11)18-15(20)16(21)19(17(18)22)14-10-6-4-8-12(14)2/h3-10,20-21H,1-2H3.